The van der Waals surface area contributed by atoms with E-state index >= 15 is 0 Å². The van der Waals surface area contributed by atoms with E-state index in [1.807, 2.05) is 24.3 Å². The number of nitrogens with one attached hydrogen (secondary N) is 1. The van der Waals surface area contributed by atoms with Crippen molar-refractivity contribution in [1.29, 1.82) is 0 Å². The molecule has 0 fully saturated rings. The lowest BCUT2D eigenvalue weighted by Gasteiger charge is -2.25. The zero-order chi connectivity index (χ0) is 20.3. The first-order chi connectivity index (χ1) is 13.3. The molecule has 2 aromatic carbocycles. The predicted octanol–water partition coefficient (Wildman–Crippen LogP) is 3.03. The quantitative estimate of drug-likeness (QED) is 0.763. The van der Waals surface area contributed by atoms with Crippen molar-refractivity contribution in [1.82, 2.24) is 5.32 Å². The molecule has 3 rings (SSSR count). The van der Waals surface area contributed by atoms with E-state index in [1.165, 1.54) is 13.2 Å². The number of carboxylic acids is 1. The van der Waals surface area contributed by atoms with E-state index in [9.17, 15) is 23.5 Å². The second-order valence-corrected chi connectivity index (χ2v) is 7.13. The van der Waals surface area contributed by atoms with Crippen LogP contribution in [0.4, 0.5) is 8.78 Å². The molecule has 0 heterocycles. The lowest BCUT2D eigenvalue weighted by molar-refractivity contribution is -0.151. The molecule has 0 aliphatic heterocycles. The third kappa shape index (κ3) is 4.04. The molecule has 5 nitrogen and oxygen atoms in total. The Bertz CT molecular complexity index is 875. The number of carbonyl (C=O) groups is 2. The van der Waals surface area contributed by atoms with Crippen LogP contribution in [0.15, 0.2) is 42.5 Å². The summed E-state index contributed by atoms with van der Waals surface area (Å²) in [6.45, 7) is 0.0388. The van der Waals surface area contributed by atoms with E-state index in [2.05, 4.69) is 5.32 Å². The fraction of sp³-hybridized carbons (Fsp3) is 0.333. The number of carbonyl (C=O) groups excluding carboxylic acids is 1. The Labute approximate surface area is 161 Å². The van der Waals surface area contributed by atoms with E-state index in [0.717, 1.165) is 23.3 Å². The minimum absolute atomic E-state index is 0.0388. The van der Waals surface area contributed by atoms with Crippen molar-refractivity contribution in [3.8, 4) is 0 Å². The Kier molecular flexibility index (Phi) is 5.74. The summed E-state index contributed by atoms with van der Waals surface area (Å²) in [7, 11) is 1.42. The summed E-state index contributed by atoms with van der Waals surface area (Å²) in [6, 6.07) is 10.0. The first kappa shape index (κ1) is 19.9. The van der Waals surface area contributed by atoms with Crippen molar-refractivity contribution in [2.45, 2.75) is 25.3 Å². The largest absolute Gasteiger partial charge is 0.481 e. The van der Waals surface area contributed by atoms with Gasteiger partial charge in [-0.1, -0.05) is 30.3 Å². The third-order valence-electron chi connectivity index (χ3n) is 5.14. The minimum Gasteiger partial charge on any atom is -0.481 e. The standard InChI is InChI=1S/C21H21F2NO4/c1-28-12-18(13-6-7-16(22)17(23)8-13)24-19(25)11-21(20(26)27)9-14-4-2-3-5-15(14)10-21/h2-8,18H,9-12H2,1H3,(H,24,25)(H,26,27). The zero-order valence-electron chi connectivity index (χ0n) is 15.4. The van der Waals surface area contributed by atoms with Crippen molar-refractivity contribution in [2.75, 3.05) is 13.7 Å². The summed E-state index contributed by atoms with van der Waals surface area (Å²) in [4.78, 5) is 24.7. The molecule has 0 radical (unpaired) electrons. The van der Waals surface area contributed by atoms with Crippen molar-refractivity contribution in [3.63, 3.8) is 0 Å². The molecular formula is C21H21F2NO4. The summed E-state index contributed by atoms with van der Waals surface area (Å²) in [5.74, 6) is -3.53. The first-order valence-electron chi connectivity index (χ1n) is 8.88. The van der Waals surface area contributed by atoms with Crippen LogP contribution in [0.5, 0.6) is 0 Å². The average molecular weight is 389 g/mol. The van der Waals surface area contributed by atoms with Gasteiger partial charge in [0.1, 0.15) is 0 Å². The topological polar surface area (TPSA) is 75.6 Å². The average Bonchev–Trinajstić information content (AvgIpc) is 3.03. The second-order valence-electron chi connectivity index (χ2n) is 7.13. The number of halogens is 2. The highest BCUT2D eigenvalue weighted by atomic mass is 19.2. The molecule has 0 saturated heterocycles. The van der Waals surface area contributed by atoms with Gasteiger partial charge in [-0.2, -0.15) is 0 Å². The van der Waals surface area contributed by atoms with Crippen LogP contribution in [0.25, 0.3) is 0 Å². The molecular weight excluding hydrogens is 368 g/mol. The van der Waals surface area contributed by atoms with E-state index in [-0.39, 0.29) is 25.9 Å². The molecule has 0 aromatic heterocycles. The normalized spacial score (nSPS) is 15.7. The van der Waals surface area contributed by atoms with Gasteiger partial charge in [-0.15, -0.1) is 0 Å². The fourth-order valence-corrected chi connectivity index (χ4v) is 3.72. The molecule has 2 aromatic rings. The smallest absolute Gasteiger partial charge is 0.310 e. The Hall–Kier alpha value is -2.80. The van der Waals surface area contributed by atoms with E-state index in [1.54, 1.807) is 0 Å². The molecule has 1 aliphatic carbocycles. The Morgan fingerprint density at radius 1 is 1.14 bits per heavy atom. The van der Waals surface area contributed by atoms with Gasteiger partial charge in [-0.25, -0.2) is 8.78 Å². The van der Waals surface area contributed by atoms with Crippen LogP contribution in [0.2, 0.25) is 0 Å². The molecule has 2 N–H and O–H groups in total. The van der Waals surface area contributed by atoms with Gasteiger partial charge in [0.2, 0.25) is 5.91 Å². The predicted molar refractivity (Wildman–Crippen MR) is 97.7 cm³/mol. The maximum absolute atomic E-state index is 13.6. The van der Waals surface area contributed by atoms with Gasteiger partial charge in [0.15, 0.2) is 11.6 Å². The van der Waals surface area contributed by atoms with Gasteiger partial charge < -0.3 is 15.2 Å². The lowest BCUT2D eigenvalue weighted by atomic mass is 9.81. The van der Waals surface area contributed by atoms with Crippen molar-refractivity contribution in [3.05, 3.63) is 70.8 Å². The maximum atomic E-state index is 13.6. The summed E-state index contributed by atoms with van der Waals surface area (Å²) < 4.78 is 31.8. The number of methoxy groups -OCH3 is 1. The first-order valence-corrected chi connectivity index (χ1v) is 8.88. The number of fused-ring (bicyclic) bond motifs is 1. The van der Waals surface area contributed by atoms with Crippen molar-refractivity contribution in [2.24, 2.45) is 5.41 Å². The van der Waals surface area contributed by atoms with Crippen molar-refractivity contribution < 1.29 is 28.2 Å². The highest BCUT2D eigenvalue weighted by molar-refractivity contribution is 5.86. The highest BCUT2D eigenvalue weighted by Gasteiger charge is 2.45. The summed E-state index contributed by atoms with van der Waals surface area (Å²) in [6.07, 6.45) is 0.318. The van der Waals surface area contributed by atoms with Gasteiger partial charge in [0, 0.05) is 13.5 Å². The maximum Gasteiger partial charge on any atom is 0.310 e. The van der Waals surface area contributed by atoms with Gasteiger partial charge in [0.25, 0.3) is 0 Å². The lowest BCUT2D eigenvalue weighted by Crippen LogP contribution is -2.40. The number of hydrogen-bond donors (Lipinski definition) is 2. The number of amides is 1. The third-order valence-corrected chi connectivity index (χ3v) is 5.14. The van der Waals surface area contributed by atoms with Crippen molar-refractivity contribution >= 4 is 11.9 Å². The van der Waals surface area contributed by atoms with Crippen LogP contribution < -0.4 is 5.32 Å². The molecule has 1 amide bonds. The van der Waals surface area contributed by atoms with Crippen LogP contribution in [-0.2, 0) is 27.2 Å². The SMILES string of the molecule is COCC(NC(=O)CC1(C(=O)O)Cc2ccccc2C1)c1ccc(F)c(F)c1. The Morgan fingerprint density at radius 2 is 1.79 bits per heavy atom. The molecule has 1 aliphatic rings. The number of carboxylic acid groups (broad SMARTS) is 1. The van der Waals surface area contributed by atoms with Gasteiger partial charge in [-0.05, 0) is 41.7 Å². The molecule has 0 saturated carbocycles. The molecule has 28 heavy (non-hydrogen) atoms. The van der Waals surface area contributed by atoms with Crippen LogP contribution in [0.1, 0.15) is 29.2 Å². The molecule has 148 valence electrons. The highest BCUT2D eigenvalue weighted by Crippen LogP contribution is 2.40. The summed E-state index contributed by atoms with van der Waals surface area (Å²) >= 11 is 0. The van der Waals surface area contributed by atoms with E-state index < -0.39 is 35.0 Å². The molecule has 0 spiro atoms. The molecule has 0 bridgehead atoms. The zero-order valence-corrected chi connectivity index (χ0v) is 15.4. The number of rotatable bonds is 7. The van der Waals surface area contributed by atoms with Crippen LogP contribution in [0.3, 0.4) is 0 Å². The van der Waals surface area contributed by atoms with Gasteiger partial charge >= 0.3 is 5.97 Å². The summed E-state index contributed by atoms with van der Waals surface area (Å²) in [5.41, 5.74) is 0.964. The number of aliphatic carboxylic acids is 1. The van der Waals surface area contributed by atoms with Crippen LogP contribution in [0, 0.1) is 17.0 Å². The molecule has 1 atom stereocenters. The molecule has 7 heteroatoms. The number of ether oxygens (including phenoxy) is 1. The number of hydrogen-bond acceptors (Lipinski definition) is 3. The van der Waals surface area contributed by atoms with Gasteiger partial charge in [-0.3, -0.25) is 9.59 Å². The molecule has 1 unspecified atom stereocenters. The Balaban J connectivity index is 1.76. The van der Waals surface area contributed by atoms with Crippen LogP contribution >= 0.6 is 0 Å². The Morgan fingerprint density at radius 3 is 2.32 bits per heavy atom. The van der Waals surface area contributed by atoms with E-state index in [4.69, 9.17) is 4.74 Å². The monoisotopic (exact) mass is 389 g/mol. The van der Waals surface area contributed by atoms with E-state index in [0.29, 0.717) is 5.56 Å². The minimum atomic E-state index is -1.22. The second kappa shape index (κ2) is 8.06. The van der Waals surface area contributed by atoms with Gasteiger partial charge in [0.05, 0.1) is 18.1 Å². The van der Waals surface area contributed by atoms with Crippen LogP contribution in [-0.4, -0.2) is 30.7 Å². The number of benzene rings is 2. The fourth-order valence-electron chi connectivity index (χ4n) is 3.72. The summed E-state index contributed by atoms with van der Waals surface area (Å²) in [5, 5.41) is 12.5.